The number of benzene rings is 8. The minimum absolute atomic E-state index is 0.0588. The summed E-state index contributed by atoms with van der Waals surface area (Å²) in [6.07, 6.45) is 0. The monoisotopic (exact) mass is 725 g/mol. The van der Waals surface area contributed by atoms with E-state index in [0.717, 1.165) is 49.8 Å². The third kappa shape index (κ3) is 5.29. The maximum absolute atomic E-state index is 9.10. The van der Waals surface area contributed by atoms with Crippen molar-refractivity contribution < 1.29 is 16.8 Å². The smallest absolute Gasteiger partial charge is 0.164 e. The Kier molecular flexibility index (Phi) is 5.57. The summed E-state index contributed by atoms with van der Waals surface area (Å²) in [5, 5.41) is 2.39. The van der Waals surface area contributed by atoms with E-state index in [9.17, 15) is 0 Å². The number of fused-ring (bicyclic) bond motifs is 6. The van der Waals surface area contributed by atoms with Crippen molar-refractivity contribution in [1.29, 1.82) is 0 Å². The van der Waals surface area contributed by atoms with Gasteiger partial charge < -0.3 is 8.98 Å². The minimum Gasteiger partial charge on any atom is -0.456 e. The Morgan fingerprint density at radius 3 is 1.95 bits per heavy atom. The normalized spacial score (nSPS) is 13.8. The van der Waals surface area contributed by atoms with E-state index in [-0.39, 0.29) is 34.1 Å². The molecule has 0 aliphatic heterocycles. The zero-order chi connectivity index (χ0) is 44.8. The average molecular weight is 726 g/mol. The molecule has 56 heavy (non-hydrogen) atoms. The van der Waals surface area contributed by atoms with Crippen LogP contribution in [-0.2, 0) is 0 Å². The van der Waals surface area contributed by atoms with E-state index in [1.54, 1.807) is 22.8 Å². The molecule has 5 nitrogen and oxygen atoms in total. The van der Waals surface area contributed by atoms with Crippen LogP contribution in [0.2, 0.25) is 0 Å². The number of hydrogen-bond donors (Lipinski definition) is 0. The Labute approximate surface area is 335 Å². The van der Waals surface area contributed by atoms with Crippen molar-refractivity contribution in [1.82, 2.24) is 19.5 Å². The first-order valence-corrected chi connectivity index (χ1v) is 18.0. The molecule has 0 spiro atoms. The van der Waals surface area contributed by atoms with Crippen molar-refractivity contribution in [3.63, 3.8) is 0 Å². The lowest BCUT2D eigenvalue weighted by atomic mass is 9.99. The Hall–Kier alpha value is -7.63. The molecule has 0 aliphatic rings. The van der Waals surface area contributed by atoms with Crippen molar-refractivity contribution in [2.45, 2.75) is 0 Å². The topological polar surface area (TPSA) is 56.7 Å². The van der Waals surface area contributed by atoms with E-state index in [0.29, 0.717) is 34.1 Å². The fraction of sp³-hybridized carbons (Fsp3) is 0. The van der Waals surface area contributed by atoms with Crippen LogP contribution < -0.4 is 0 Å². The van der Waals surface area contributed by atoms with E-state index < -0.39 is 42.3 Å². The van der Waals surface area contributed by atoms with E-state index in [1.807, 2.05) is 121 Å². The summed E-state index contributed by atoms with van der Waals surface area (Å²) in [5.74, 6) is 1.50. The van der Waals surface area contributed by atoms with Crippen molar-refractivity contribution in [3.8, 4) is 62.1 Å². The van der Waals surface area contributed by atoms with Crippen LogP contribution in [0.1, 0.15) is 12.3 Å². The molecule has 0 fully saturated rings. The molecular weight excluding hydrogens is 685 g/mol. The molecule has 262 valence electrons. The van der Waals surface area contributed by atoms with Gasteiger partial charge in [0.15, 0.2) is 17.5 Å². The highest BCUT2D eigenvalue weighted by molar-refractivity contribution is 6.16. The lowest BCUT2D eigenvalue weighted by Gasteiger charge is -2.11. The Morgan fingerprint density at radius 2 is 1.07 bits per heavy atom. The molecule has 0 saturated carbocycles. The third-order valence-electron chi connectivity index (χ3n) is 10.1. The summed E-state index contributed by atoms with van der Waals surface area (Å²) >= 11 is 0. The molecule has 0 saturated heterocycles. The summed E-state index contributed by atoms with van der Waals surface area (Å²) < 4.78 is 85.8. The molecule has 3 heterocycles. The second-order valence-corrected chi connectivity index (χ2v) is 13.3. The molecule has 0 aliphatic carbocycles. The Bertz CT molecular complexity index is 3750. The van der Waals surface area contributed by atoms with Crippen LogP contribution in [0.5, 0.6) is 0 Å². The molecule has 8 aromatic carbocycles. The van der Waals surface area contributed by atoms with Gasteiger partial charge in [0.1, 0.15) is 11.2 Å². The van der Waals surface area contributed by atoms with E-state index in [1.165, 1.54) is 0 Å². The Morgan fingerprint density at radius 1 is 0.411 bits per heavy atom. The van der Waals surface area contributed by atoms with Gasteiger partial charge in [-0.2, -0.15) is 0 Å². The number of para-hydroxylation sites is 2. The fourth-order valence-electron chi connectivity index (χ4n) is 7.57. The van der Waals surface area contributed by atoms with Crippen molar-refractivity contribution in [3.05, 3.63) is 194 Å². The zero-order valence-corrected chi connectivity index (χ0v) is 29.5. The predicted molar refractivity (Wildman–Crippen MR) is 229 cm³/mol. The van der Waals surface area contributed by atoms with Gasteiger partial charge >= 0.3 is 0 Å². The molecule has 0 atom stereocenters. The van der Waals surface area contributed by atoms with Gasteiger partial charge in [-0.05, 0) is 64.7 Å². The molecule has 0 unspecified atom stereocenters. The maximum atomic E-state index is 9.10. The highest BCUT2D eigenvalue weighted by Gasteiger charge is 2.19. The van der Waals surface area contributed by atoms with Crippen LogP contribution in [0.25, 0.3) is 106 Å². The highest BCUT2D eigenvalue weighted by Crippen LogP contribution is 2.40. The maximum Gasteiger partial charge on any atom is 0.164 e. The highest BCUT2D eigenvalue weighted by atomic mass is 16.3. The van der Waals surface area contributed by atoms with Crippen LogP contribution in [-0.4, -0.2) is 19.5 Å². The van der Waals surface area contributed by atoms with Crippen LogP contribution in [0.3, 0.4) is 0 Å². The SMILES string of the molecule is [2H]c1c([2H])c([2H])c(-c2cccc3c2c2c([2H])c([2H])c([2H])c([2H])c2n3-c2ccc(-c3cccc(-c4nc(-c5ccccc5)nc(-c5cccc6oc7ccccc7c56)n4)c3)cc2)c([2H])c1[2H]. The van der Waals surface area contributed by atoms with Crippen molar-refractivity contribution in [2.24, 2.45) is 0 Å². The summed E-state index contributed by atoms with van der Waals surface area (Å²) in [6, 6.07) is 40.3. The van der Waals surface area contributed by atoms with E-state index >= 15 is 0 Å². The van der Waals surface area contributed by atoms with Crippen LogP contribution >= 0.6 is 0 Å². The van der Waals surface area contributed by atoms with Crippen LogP contribution in [0, 0.1) is 0 Å². The number of hydrogen-bond acceptors (Lipinski definition) is 4. The van der Waals surface area contributed by atoms with Gasteiger partial charge in [-0.25, -0.2) is 15.0 Å². The molecule has 3 aromatic heterocycles. The molecule has 11 rings (SSSR count). The average Bonchev–Trinajstić information content (AvgIpc) is 3.91. The first-order chi connectivity index (χ1) is 31.5. The third-order valence-corrected chi connectivity index (χ3v) is 10.1. The number of aromatic nitrogens is 4. The van der Waals surface area contributed by atoms with Crippen LogP contribution in [0.4, 0.5) is 0 Å². The minimum atomic E-state index is -0.530. The van der Waals surface area contributed by atoms with Gasteiger partial charge in [0.05, 0.1) is 23.4 Å². The first-order valence-electron chi connectivity index (χ1n) is 22.5. The number of rotatable bonds is 6. The molecule has 0 N–H and O–H groups in total. The standard InChI is InChI=1S/C51H32N4O/c1-3-14-34(15-4-1)39-22-12-25-44-47(39)40-20-7-9-24-43(40)55(44)38-30-28-33(29-31-38)36-18-11-19-37(32-36)50-52-49(35-16-5-2-6-17-35)53-51(54-50)42-23-13-27-46-48(42)41-21-8-10-26-45(41)56-46/h1-32H/i1D,3D,4D,7D,9D,14D,15D,20D,24D. The predicted octanol–water partition coefficient (Wildman–Crippen LogP) is 13.2. The molecule has 5 heteroatoms. The van der Waals surface area contributed by atoms with Gasteiger partial charge in [-0.15, -0.1) is 0 Å². The van der Waals surface area contributed by atoms with Crippen LogP contribution in [0.15, 0.2) is 198 Å². The summed E-state index contributed by atoms with van der Waals surface area (Å²) in [7, 11) is 0. The summed E-state index contributed by atoms with van der Waals surface area (Å²) in [6.45, 7) is 0. The van der Waals surface area contributed by atoms with Gasteiger partial charge in [0, 0.05) is 43.9 Å². The van der Waals surface area contributed by atoms with E-state index in [4.69, 9.17) is 31.7 Å². The lowest BCUT2D eigenvalue weighted by molar-refractivity contribution is 0.669. The Balaban J connectivity index is 1.05. The molecule has 11 aromatic rings. The molecule has 0 radical (unpaired) electrons. The van der Waals surface area contributed by atoms with E-state index in [2.05, 4.69) is 0 Å². The lowest BCUT2D eigenvalue weighted by Crippen LogP contribution is -2.00. The molecule has 0 amide bonds. The fourth-order valence-corrected chi connectivity index (χ4v) is 7.57. The van der Waals surface area contributed by atoms with Gasteiger partial charge in [0.25, 0.3) is 0 Å². The quantitative estimate of drug-likeness (QED) is 0.171. The number of furan rings is 1. The zero-order valence-electron chi connectivity index (χ0n) is 38.5. The first kappa shape index (κ1) is 23.9. The largest absolute Gasteiger partial charge is 0.456 e. The number of nitrogens with zero attached hydrogens (tertiary/aromatic N) is 4. The summed E-state index contributed by atoms with van der Waals surface area (Å²) in [5.41, 5.74) is 7.09. The second-order valence-electron chi connectivity index (χ2n) is 13.3. The second kappa shape index (κ2) is 13.0. The summed E-state index contributed by atoms with van der Waals surface area (Å²) in [4.78, 5) is 15.1. The molecular formula is C51H32N4O. The van der Waals surface area contributed by atoms with Gasteiger partial charge in [-0.1, -0.05) is 151 Å². The van der Waals surface area contributed by atoms with Gasteiger partial charge in [0.2, 0.25) is 0 Å². The van der Waals surface area contributed by atoms with Crippen molar-refractivity contribution in [2.75, 3.05) is 0 Å². The van der Waals surface area contributed by atoms with Gasteiger partial charge in [-0.3, -0.25) is 0 Å². The van der Waals surface area contributed by atoms with Crippen molar-refractivity contribution >= 4 is 43.7 Å². The molecule has 0 bridgehead atoms.